The number of carbonyl (C=O) groups excluding carboxylic acids is 1. The van der Waals surface area contributed by atoms with Crippen LogP contribution in [0.1, 0.15) is 11.5 Å². The Kier molecular flexibility index (Phi) is 4.62. The topological polar surface area (TPSA) is 92.5 Å². The Hall–Kier alpha value is -2.19. The third-order valence-electron chi connectivity index (χ3n) is 3.06. The van der Waals surface area contributed by atoms with Crippen molar-refractivity contribution in [3.63, 3.8) is 0 Å². The number of para-hydroxylation sites is 1. The van der Waals surface area contributed by atoms with Crippen LogP contribution in [0.25, 0.3) is 0 Å². The number of nitrogens with zero attached hydrogens (tertiary/aromatic N) is 2. The van der Waals surface area contributed by atoms with Gasteiger partial charge >= 0.3 is 0 Å². The van der Waals surface area contributed by atoms with Crippen LogP contribution in [0.2, 0.25) is 0 Å². The van der Waals surface area contributed by atoms with Gasteiger partial charge in [-0.25, -0.2) is 8.42 Å². The maximum Gasteiger partial charge on any atom is 0.248 e. The second-order valence-corrected chi connectivity index (χ2v) is 6.81. The van der Waals surface area contributed by atoms with Gasteiger partial charge in [-0.2, -0.15) is 4.31 Å². The summed E-state index contributed by atoms with van der Waals surface area (Å²) in [5, 5.41) is 6.27. The minimum absolute atomic E-state index is 0.00233. The molecule has 0 saturated carbocycles. The van der Waals surface area contributed by atoms with Gasteiger partial charge in [-0.3, -0.25) is 4.79 Å². The zero-order valence-electron chi connectivity index (χ0n) is 12.5. The van der Waals surface area contributed by atoms with E-state index in [1.165, 1.54) is 14.0 Å². The number of likely N-dealkylation sites (N-methyl/N-ethyl adjacent to an activating group) is 1. The predicted molar refractivity (Wildman–Crippen MR) is 80.9 cm³/mol. The lowest BCUT2D eigenvalue weighted by molar-refractivity contribution is -0.116. The minimum Gasteiger partial charge on any atom is -0.360 e. The van der Waals surface area contributed by atoms with Gasteiger partial charge in [0.25, 0.3) is 0 Å². The second kappa shape index (κ2) is 6.29. The Labute approximate surface area is 129 Å². The first-order chi connectivity index (χ1) is 10.3. The molecule has 2 rings (SSSR count). The molecule has 0 fully saturated rings. The number of aromatic nitrogens is 1. The number of aryl methyl sites for hydroxylation is 2. The summed E-state index contributed by atoms with van der Waals surface area (Å²) in [6, 6.07) is 8.82. The van der Waals surface area contributed by atoms with E-state index in [0.717, 1.165) is 4.31 Å². The fraction of sp³-hybridized carbons (Fsp3) is 0.286. The smallest absolute Gasteiger partial charge is 0.248 e. The summed E-state index contributed by atoms with van der Waals surface area (Å²) < 4.78 is 30.8. The van der Waals surface area contributed by atoms with E-state index in [4.69, 9.17) is 4.52 Å². The number of carbonyl (C=O) groups is 1. The summed E-state index contributed by atoms with van der Waals surface area (Å²) in [5.41, 5.74) is 0.878. The van der Waals surface area contributed by atoms with Crippen LogP contribution >= 0.6 is 0 Å². The molecule has 1 heterocycles. The van der Waals surface area contributed by atoms with E-state index in [0.29, 0.717) is 5.69 Å². The van der Waals surface area contributed by atoms with E-state index in [1.807, 2.05) is 6.07 Å². The van der Waals surface area contributed by atoms with Gasteiger partial charge in [0.05, 0.1) is 6.54 Å². The highest BCUT2D eigenvalue weighted by molar-refractivity contribution is 7.89. The summed E-state index contributed by atoms with van der Waals surface area (Å²) in [5.74, 6) is -0.225. The Morgan fingerprint density at radius 1 is 1.27 bits per heavy atom. The zero-order chi connectivity index (χ0) is 16.3. The van der Waals surface area contributed by atoms with Gasteiger partial charge in [0, 0.05) is 12.7 Å². The molecule has 0 spiro atoms. The molecule has 0 saturated heterocycles. The van der Waals surface area contributed by atoms with Crippen molar-refractivity contribution in [1.82, 2.24) is 9.46 Å². The lowest BCUT2D eigenvalue weighted by atomic mass is 10.3. The molecule has 22 heavy (non-hydrogen) atoms. The molecule has 1 aromatic heterocycles. The van der Waals surface area contributed by atoms with Crippen molar-refractivity contribution in [1.29, 1.82) is 0 Å². The molecule has 0 atom stereocenters. The molecule has 0 radical (unpaired) electrons. The van der Waals surface area contributed by atoms with Crippen molar-refractivity contribution in [2.75, 3.05) is 18.9 Å². The first-order valence-corrected chi connectivity index (χ1v) is 8.00. The molecular formula is C14H17N3O4S. The number of hydrogen-bond donors (Lipinski definition) is 1. The fourth-order valence-corrected chi connectivity index (χ4v) is 3.42. The Bertz CT molecular complexity index is 749. The average molecular weight is 323 g/mol. The molecule has 118 valence electrons. The first kappa shape index (κ1) is 16.2. The standard InChI is InChI=1S/C14H17N3O4S/c1-10-14(11(2)21-16-10)22(19,20)17(3)9-13(18)15-12-7-5-4-6-8-12/h4-8H,9H2,1-3H3,(H,15,18). The van der Waals surface area contributed by atoms with Crippen LogP contribution in [0, 0.1) is 13.8 Å². The van der Waals surface area contributed by atoms with E-state index in [1.54, 1.807) is 31.2 Å². The first-order valence-electron chi connectivity index (χ1n) is 6.56. The molecule has 0 aliphatic carbocycles. The second-order valence-electron chi connectivity index (χ2n) is 4.83. The van der Waals surface area contributed by atoms with E-state index >= 15 is 0 Å². The van der Waals surface area contributed by atoms with Crippen LogP contribution in [0.15, 0.2) is 39.8 Å². The lowest BCUT2D eigenvalue weighted by Crippen LogP contribution is -2.35. The quantitative estimate of drug-likeness (QED) is 0.901. The van der Waals surface area contributed by atoms with Gasteiger partial charge in [-0.05, 0) is 26.0 Å². The van der Waals surface area contributed by atoms with Crippen molar-refractivity contribution < 1.29 is 17.7 Å². The van der Waals surface area contributed by atoms with Crippen LogP contribution in [-0.2, 0) is 14.8 Å². The largest absolute Gasteiger partial charge is 0.360 e. The molecular weight excluding hydrogens is 306 g/mol. The lowest BCUT2D eigenvalue weighted by Gasteiger charge is -2.16. The fourth-order valence-electron chi connectivity index (χ4n) is 2.01. The van der Waals surface area contributed by atoms with Gasteiger partial charge in [0.15, 0.2) is 5.76 Å². The highest BCUT2D eigenvalue weighted by atomic mass is 32.2. The third-order valence-corrected chi connectivity index (χ3v) is 5.11. The predicted octanol–water partition coefficient (Wildman–Crippen LogP) is 1.55. The SMILES string of the molecule is Cc1noc(C)c1S(=O)(=O)N(C)CC(=O)Nc1ccccc1. The van der Waals surface area contributed by atoms with Crippen molar-refractivity contribution >= 4 is 21.6 Å². The highest BCUT2D eigenvalue weighted by Gasteiger charge is 2.29. The number of amides is 1. The molecule has 2 aromatic rings. The van der Waals surface area contributed by atoms with Crippen LogP contribution in [0.4, 0.5) is 5.69 Å². The van der Waals surface area contributed by atoms with Gasteiger partial charge in [-0.15, -0.1) is 0 Å². The molecule has 0 aliphatic heterocycles. The summed E-state index contributed by atoms with van der Waals surface area (Å²) >= 11 is 0. The van der Waals surface area contributed by atoms with Gasteiger partial charge in [-0.1, -0.05) is 23.4 Å². The summed E-state index contributed by atoms with van der Waals surface area (Å²) in [6.45, 7) is 2.76. The molecule has 0 bridgehead atoms. The van der Waals surface area contributed by atoms with Crippen LogP contribution in [0.5, 0.6) is 0 Å². The highest BCUT2D eigenvalue weighted by Crippen LogP contribution is 2.22. The van der Waals surface area contributed by atoms with E-state index < -0.39 is 15.9 Å². The molecule has 1 amide bonds. The number of benzene rings is 1. The average Bonchev–Trinajstić information content (AvgIpc) is 2.79. The van der Waals surface area contributed by atoms with Gasteiger partial charge in [0.1, 0.15) is 10.6 Å². The van der Waals surface area contributed by atoms with E-state index in [-0.39, 0.29) is 22.9 Å². The summed E-state index contributed by atoms with van der Waals surface area (Å²) in [4.78, 5) is 12.0. The molecule has 8 heteroatoms. The van der Waals surface area contributed by atoms with Crippen LogP contribution < -0.4 is 5.32 Å². The number of nitrogens with one attached hydrogen (secondary N) is 1. The molecule has 1 N–H and O–H groups in total. The van der Waals surface area contributed by atoms with Crippen molar-refractivity contribution in [3.8, 4) is 0 Å². The Morgan fingerprint density at radius 3 is 2.45 bits per heavy atom. The normalized spacial score (nSPS) is 11.6. The summed E-state index contributed by atoms with van der Waals surface area (Å²) in [7, 11) is -2.49. The van der Waals surface area contributed by atoms with Gasteiger partial charge < -0.3 is 9.84 Å². The summed E-state index contributed by atoms with van der Waals surface area (Å²) in [6.07, 6.45) is 0. The number of hydrogen-bond acceptors (Lipinski definition) is 5. The molecule has 1 aromatic carbocycles. The molecule has 0 aliphatic rings. The van der Waals surface area contributed by atoms with Crippen molar-refractivity contribution in [3.05, 3.63) is 41.8 Å². The zero-order valence-corrected chi connectivity index (χ0v) is 13.3. The molecule has 0 unspecified atom stereocenters. The van der Waals surface area contributed by atoms with E-state index in [2.05, 4.69) is 10.5 Å². The van der Waals surface area contributed by atoms with Crippen molar-refractivity contribution in [2.24, 2.45) is 0 Å². The van der Waals surface area contributed by atoms with Crippen LogP contribution in [0.3, 0.4) is 0 Å². The third kappa shape index (κ3) is 3.34. The number of anilines is 1. The van der Waals surface area contributed by atoms with Gasteiger partial charge in [0.2, 0.25) is 15.9 Å². The maximum absolute atomic E-state index is 12.5. The Balaban J connectivity index is 2.11. The minimum atomic E-state index is -3.83. The number of rotatable bonds is 5. The van der Waals surface area contributed by atoms with E-state index in [9.17, 15) is 13.2 Å². The van der Waals surface area contributed by atoms with Crippen LogP contribution in [-0.4, -0.2) is 37.4 Å². The maximum atomic E-state index is 12.5. The number of sulfonamides is 1. The Morgan fingerprint density at radius 2 is 1.91 bits per heavy atom. The monoisotopic (exact) mass is 323 g/mol. The van der Waals surface area contributed by atoms with Crippen molar-refractivity contribution in [2.45, 2.75) is 18.7 Å². The molecule has 7 nitrogen and oxygen atoms in total.